The first-order valence-electron chi connectivity index (χ1n) is 12.5. The molecule has 2 amide bonds. The molecule has 3 aromatic carbocycles. The lowest BCUT2D eigenvalue weighted by Crippen LogP contribution is -2.34. The second kappa shape index (κ2) is 13.5. The van der Waals surface area contributed by atoms with Crippen LogP contribution in [-0.2, 0) is 22.6 Å². The number of hydrogen-bond acceptors (Lipinski definition) is 6. The number of amides is 2. The fraction of sp³-hybridized carbons (Fsp3) is 0.345. The first-order chi connectivity index (χ1) is 18.1. The van der Waals surface area contributed by atoms with Crippen molar-refractivity contribution < 1.29 is 24.1 Å². The third kappa shape index (κ3) is 7.49. The van der Waals surface area contributed by atoms with Crippen LogP contribution in [0.2, 0.25) is 0 Å². The zero-order chi connectivity index (χ0) is 26.0. The highest BCUT2D eigenvalue weighted by Gasteiger charge is 2.32. The molecule has 1 aliphatic heterocycles. The highest BCUT2D eigenvalue weighted by molar-refractivity contribution is 7.99. The SMILES string of the molecule is CCNC(=O)NCc1ccc([C@@H]2O[C@H](CSc3ccccc3OC)C[C@H](c3ccc(CO)cc3)O2)cc1. The summed E-state index contributed by atoms with van der Waals surface area (Å²) in [6.45, 7) is 2.92. The van der Waals surface area contributed by atoms with Crippen LogP contribution in [0.3, 0.4) is 0 Å². The van der Waals surface area contributed by atoms with Gasteiger partial charge in [0.1, 0.15) is 5.75 Å². The average Bonchev–Trinajstić information content (AvgIpc) is 2.95. The fourth-order valence-electron chi connectivity index (χ4n) is 4.14. The van der Waals surface area contributed by atoms with Gasteiger partial charge in [0.05, 0.1) is 25.9 Å². The van der Waals surface area contributed by atoms with Crippen LogP contribution in [0.15, 0.2) is 77.7 Å². The molecule has 1 aliphatic rings. The lowest BCUT2D eigenvalue weighted by Gasteiger charge is -2.36. The van der Waals surface area contributed by atoms with Gasteiger partial charge in [0.2, 0.25) is 0 Å². The number of para-hydroxylation sites is 1. The molecule has 3 aromatic rings. The zero-order valence-corrected chi connectivity index (χ0v) is 22.0. The summed E-state index contributed by atoms with van der Waals surface area (Å²) in [6.07, 6.45) is 0.000105. The van der Waals surface area contributed by atoms with Crippen LogP contribution in [0.1, 0.15) is 48.0 Å². The summed E-state index contributed by atoms with van der Waals surface area (Å²) < 4.78 is 18.4. The number of benzene rings is 3. The van der Waals surface area contributed by atoms with E-state index in [1.807, 2.05) is 73.7 Å². The van der Waals surface area contributed by atoms with E-state index >= 15 is 0 Å². The number of aliphatic hydroxyl groups is 1. The van der Waals surface area contributed by atoms with E-state index in [4.69, 9.17) is 14.2 Å². The molecular formula is C29H34N2O5S. The van der Waals surface area contributed by atoms with Gasteiger partial charge in [-0.05, 0) is 35.7 Å². The standard InChI is InChI=1S/C29H34N2O5S/c1-3-30-29(33)31-17-20-8-14-23(15-9-20)28-35-24(19-37-27-7-5-4-6-25(27)34-2)16-26(36-28)22-12-10-21(18-32)11-13-22/h4-15,24,26,28,32H,3,16-19H2,1-2H3,(H2,30,31,33)/t24-,26+,28+/m0/s1. The normalized spacial score (nSPS) is 19.3. The van der Waals surface area contributed by atoms with Crippen LogP contribution in [0.5, 0.6) is 5.75 Å². The molecule has 3 N–H and O–H groups in total. The van der Waals surface area contributed by atoms with Crippen molar-refractivity contribution in [2.75, 3.05) is 19.4 Å². The van der Waals surface area contributed by atoms with Crippen molar-refractivity contribution in [1.29, 1.82) is 0 Å². The van der Waals surface area contributed by atoms with Gasteiger partial charge in [-0.15, -0.1) is 11.8 Å². The van der Waals surface area contributed by atoms with Crippen molar-refractivity contribution in [1.82, 2.24) is 10.6 Å². The summed E-state index contributed by atoms with van der Waals surface area (Å²) in [7, 11) is 1.68. The van der Waals surface area contributed by atoms with E-state index in [1.54, 1.807) is 18.9 Å². The van der Waals surface area contributed by atoms with Crippen LogP contribution < -0.4 is 15.4 Å². The van der Waals surface area contributed by atoms with Gasteiger partial charge in [0.15, 0.2) is 6.29 Å². The number of rotatable bonds is 10. The Morgan fingerprint density at radius 2 is 1.68 bits per heavy atom. The number of carbonyl (C=O) groups is 1. The Morgan fingerprint density at radius 3 is 2.38 bits per heavy atom. The van der Waals surface area contributed by atoms with E-state index in [-0.39, 0.29) is 24.8 Å². The Kier molecular flexibility index (Phi) is 9.85. The van der Waals surface area contributed by atoms with E-state index in [0.717, 1.165) is 38.7 Å². The lowest BCUT2D eigenvalue weighted by atomic mass is 10.0. The molecule has 1 heterocycles. The number of urea groups is 1. The first kappa shape index (κ1) is 27.0. The number of ether oxygens (including phenoxy) is 3. The summed E-state index contributed by atoms with van der Waals surface area (Å²) in [4.78, 5) is 12.8. The van der Waals surface area contributed by atoms with Gasteiger partial charge < -0.3 is 30.0 Å². The topological polar surface area (TPSA) is 89.1 Å². The Morgan fingerprint density at radius 1 is 0.973 bits per heavy atom. The Hall–Kier alpha value is -3.04. The number of methoxy groups -OCH3 is 1. The predicted octanol–water partition coefficient (Wildman–Crippen LogP) is 5.34. The molecule has 0 radical (unpaired) electrons. The molecule has 4 rings (SSSR count). The van der Waals surface area contributed by atoms with Crippen LogP contribution in [0.25, 0.3) is 0 Å². The summed E-state index contributed by atoms with van der Waals surface area (Å²) in [6, 6.07) is 23.6. The molecule has 0 saturated carbocycles. The third-order valence-corrected chi connectivity index (χ3v) is 7.34. The van der Waals surface area contributed by atoms with Gasteiger partial charge in [-0.25, -0.2) is 4.79 Å². The van der Waals surface area contributed by atoms with Gasteiger partial charge in [-0.2, -0.15) is 0 Å². The molecule has 0 aromatic heterocycles. The van der Waals surface area contributed by atoms with Gasteiger partial charge in [0, 0.05) is 35.7 Å². The molecule has 1 saturated heterocycles. The molecule has 37 heavy (non-hydrogen) atoms. The summed E-state index contributed by atoms with van der Waals surface area (Å²) in [5.41, 5.74) is 3.84. The van der Waals surface area contributed by atoms with Crippen molar-refractivity contribution in [2.24, 2.45) is 0 Å². The first-order valence-corrected chi connectivity index (χ1v) is 13.4. The maximum absolute atomic E-state index is 11.7. The fourth-order valence-corrected chi connectivity index (χ4v) is 5.19. The number of thioether (sulfide) groups is 1. The monoisotopic (exact) mass is 522 g/mol. The minimum absolute atomic E-state index is 0.0109. The molecule has 0 spiro atoms. The highest BCUT2D eigenvalue weighted by Crippen LogP contribution is 2.40. The molecule has 196 valence electrons. The van der Waals surface area contributed by atoms with Crippen LogP contribution in [0, 0.1) is 0 Å². The minimum atomic E-state index is -0.523. The zero-order valence-electron chi connectivity index (χ0n) is 21.2. The summed E-state index contributed by atoms with van der Waals surface area (Å²) in [5.74, 6) is 1.60. The van der Waals surface area contributed by atoms with Crippen molar-refractivity contribution in [2.45, 2.75) is 49.9 Å². The molecule has 8 heteroatoms. The molecule has 0 aliphatic carbocycles. The third-order valence-electron chi connectivity index (χ3n) is 6.15. The summed E-state index contributed by atoms with van der Waals surface area (Å²) >= 11 is 1.71. The highest BCUT2D eigenvalue weighted by atomic mass is 32.2. The smallest absolute Gasteiger partial charge is 0.315 e. The van der Waals surface area contributed by atoms with Crippen molar-refractivity contribution in [3.63, 3.8) is 0 Å². The van der Waals surface area contributed by atoms with Crippen molar-refractivity contribution in [3.05, 3.63) is 95.1 Å². The molecule has 7 nitrogen and oxygen atoms in total. The van der Waals surface area contributed by atoms with Gasteiger partial charge in [-0.3, -0.25) is 0 Å². The van der Waals surface area contributed by atoms with Crippen molar-refractivity contribution in [3.8, 4) is 5.75 Å². The van der Waals surface area contributed by atoms with Crippen LogP contribution >= 0.6 is 11.8 Å². The maximum Gasteiger partial charge on any atom is 0.315 e. The van der Waals surface area contributed by atoms with Gasteiger partial charge in [0.25, 0.3) is 0 Å². The largest absolute Gasteiger partial charge is 0.496 e. The van der Waals surface area contributed by atoms with E-state index in [0.29, 0.717) is 19.5 Å². The number of carbonyl (C=O) groups excluding carboxylic acids is 1. The molecular weight excluding hydrogens is 488 g/mol. The molecule has 1 fully saturated rings. The van der Waals surface area contributed by atoms with E-state index in [9.17, 15) is 9.90 Å². The maximum atomic E-state index is 11.7. The van der Waals surface area contributed by atoms with Crippen LogP contribution in [0.4, 0.5) is 4.79 Å². The Labute approximate surface area is 222 Å². The Bertz CT molecular complexity index is 1140. The molecule has 0 unspecified atom stereocenters. The number of nitrogens with one attached hydrogen (secondary N) is 2. The average molecular weight is 523 g/mol. The number of hydrogen-bond donors (Lipinski definition) is 3. The minimum Gasteiger partial charge on any atom is -0.496 e. The molecule has 3 atom stereocenters. The van der Waals surface area contributed by atoms with E-state index in [1.165, 1.54) is 0 Å². The van der Waals surface area contributed by atoms with Crippen molar-refractivity contribution >= 4 is 17.8 Å². The van der Waals surface area contributed by atoms with Gasteiger partial charge in [-0.1, -0.05) is 60.7 Å². The predicted molar refractivity (Wildman–Crippen MR) is 144 cm³/mol. The Balaban J connectivity index is 1.48. The van der Waals surface area contributed by atoms with Crippen LogP contribution in [-0.4, -0.2) is 36.6 Å². The summed E-state index contributed by atoms with van der Waals surface area (Å²) in [5, 5.41) is 15.0. The van der Waals surface area contributed by atoms with E-state index in [2.05, 4.69) is 16.7 Å². The molecule has 0 bridgehead atoms. The van der Waals surface area contributed by atoms with Gasteiger partial charge >= 0.3 is 6.03 Å². The second-order valence-electron chi connectivity index (χ2n) is 8.77. The quantitative estimate of drug-likeness (QED) is 0.311. The second-order valence-corrected chi connectivity index (χ2v) is 9.83. The number of aliphatic hydroxyl groups excluding tert-OH is 1. The van der Waals surface area contributed by atoms with E-state index < -0.39 is 6.29 Å². The lowest BCUT2D eigenvalue weighted by molar-refractivity contribution is -0.245.